The zero-order valence-corrected chi connectivity index (χ0v) is 15.8. The van der Waals surface area contributed by atoms with E-state index in [0.29, 0.717) is 13.1 Å². The fourth-order valence-corrected chi connectivity index (χ4v) is 3.30. The second-order valence-corrected chi connectivity index (χ2v) is 7.12. The Morgan fingerprint density at radius 1 is 0.880 bits per heavy atom. The van der Waals surface area contributed by atoms with Crippen LogP contribution in [-0.2, 0) is 6.54 Å². The largest absolute Gasteiger partial charge is 0.497 e. The zero-order chi connectivity index (χ0) is 18.2. The number of β-amino-alcohol motifs (C(OH)–C–C–N with tert-alkyl or cyclic N) is 2. The molecule has 1 aromatic carbocycles. The van der Waals surface area contributed by atoms with Gasteiger partial charge in [-0.1, -0.05) is 12.1 Å². The van der Waals surface area contributed by atoms with E-state index in [1.807, 2.05) is 26.0 Å². The minimum absolute atomic E-state index is 0.320. The normalized spacial score (nSPS) is 20.7. The molecule has 1 heterocycles. The van der Waals surface area contributed by atoms with Crippen LogP contribution in [0.2, 0.25) is 0 Å². The zero-order valence-electron chi connectivity index (χ0n) is 15.8. The number of aliphatic hydroxyl groups excluding tert-OH is 2. The first-order valence-electron chi connectivity index (χ1n) is 9.12. The number of rotatable bonds is 7. The standard InChI is InChI=1S/C19H33N3O3/c1-16(23)12-20-8-10-21(13-17(2)24)15-22(11-9-20)14-18-4-6-19(25-3)7-5-18/h4-7,16-17,23-24H,8-15H2,1-3H3/t16-,17-/m0/s1. The van der Waals surface area contributed by atoms with Gasteiger partial charge in [0.05, 0.1) is 26.0 Å². The van der Waals surface area contributed by atoms with Crippen LogP contribution >= 0.6 is 0 Å². The Morgan fingerprint density at radius 3 is 1.96 bits per heavy atom. The maximum Gasteiger partial charge on any atom is 0.118 e. The summed E-state index contributed by atoms with van der Waals surface area (Å²) in [7, 11) is 1.68. The van der Waals surface area contributed by atoms with E-state index in [0.717, 1.165) is 45.1 Å². The van der Waals surface area contributed by atoms with E-state index in [-0.39, 0.29) is 12.2 Å². The van der Waals surface area contributed by atoms with Crippen molar-refractivity contribution in [3.05, 3.63) is 29.8 Å². The lowest BCUT2D eigenvalue weighted by Crippen LogP contribution is -2.50. The van der Waals surface area contributed by atoms with Crippen LogP contribution in [-0.4, -0.2) is 90.2 Å². The lowest BCUT2D eigenvalue weighted by Gasteiger charge is -2.37. The molecule has 2 N–H and O–H groups in total. The average molecular weight is 351 g/mol. The van der Waals surface area contributed by atoms with Gasteiger partial charge in [0.15, 0.2) is 0 Å². The van der Waals surface area contributed by atoms with Crippen molar-refractivity contribution >= 4 is 0 Å². The monoisotopic (exact) mass is 351 g/mol. The molecule has 0 bridgehead atoms. The summed E-state index contributed by atoms with van der Waals surface area (Å²) < 4.78 is 5.23. The lowest BCUT2D eigenvalue weighted by atomic mass is 10.2. The molecule has 0 radical (unpaired) electrons. The molecule has 1 aromatic rings. The Morgan fingerprint density at radius 2 is 1.40 bits per heavy atom. The molecule has 1 fully saturated rings. The van der Waals surface area contributed by atoms with Gasteiger partial charge in [0.2, 0.25) is 0 Å². The summed E-state index contributed by atoms with van der Waals surface area (Å²) in [5.74, 6) is 0.871. The molecule has 0 aliphatic carbocycles. The Labute approximate surface area is 151 Å². The molecule has 1 saturated heterocycles. The lowest BCUT2D eigenvalue weighted by molar-refractivity contribution is 0.0323. The van der Waals surface area contributed by atoms with E-state index in [9.17, 15) is 10.2 Å². The van der Waals surface area contributed by atoms with Gasteiger partial charge in [0.25, 0.3) is 0 Å². The summed E-state index contributed by atoms with van der Waals surface area (Å²) in [5.41, 5.74) is 1.25. The van der Waals surface area contributed by atoms with Crippen LogP contribution < -0.4 is 4.74 Å². The van der Waals surface area contributed by atoms with Crippen molar-refractivity contribution in [2.24, 2.45) is 0 Å². The van der Waals surface area contributed by atoms with Crippen LogP contribution in [0.4, 0.5) is 0 Å². The second-order valence-electron chi connectivity index (χ2n) is 7.12. The number of nitrogens with zero attached hydrogens (tertiary/aromatic N) is 3. The van der Waals surface area contributed by atoms with Gasteiger partial charge in [-0.05, 0) is 31.5 Å². The first-order valence-corrected chi connectivity index (χ1v) is 9.12. The molecular formula is C19H33N3O3. The molecule has 2 atom stereocenters. The Balaban J connectivity index is 2.01. The van der Waals surface area contributed by atoms with Crippen LogP contribution in [0.3, 0.4) is 0 Å². The van der Waals surface area contributed by atoms with Crippen LogP contribution in [0, 0.1) is 0 Å². The highest BCUT2D eigenvalue weighted by atomic mass is 16.5. The predicted molar refractivity (Wildman–Crippen MR) is 99.6 cm³/mol. The molecule has 1 aliphatic heterocycles. The summed E-state index contributed by atoms with van der Waals surface area (Å²) in [6, 6.07) is 8.19. The van der Waals surface area contributed by atoms with Gasteiger partial charge in [0.1, 0.15) is 5.75 Å². The maximum absolute atomic E-state index is 9.78. The van der Waals surface area contributed by atoms with Crippen molar-refractivity contribution in [3.63, 3.8) is 0 Å². The van der Waals surface area contributed by atoms with Gasteiger partial charge in [-0.15, -0.1) is 0 Å². The summed E-state index contributed by atoms with van der Waals surface area (Å²) in [6.45, 7) is 10.5. The Bertz CT molecular complexity index is 493. The minimum atomic E-state index is -0.340. The van der Waals surface area contributed by atoms with E-state index in [1.54, 1.807) is 7.11 Å². The third-order valence-corrected chi connectivity index (χ3v) is 4.47. The van der Waals surface area contributed by atoms with E-state index < -0.39 is 0 Å². The molecule has 0 unspecified atom stereocenters. The molecule has 0 aromatic heterocycles. The van der Waals surface area contributed by atoms with Gasteiger partial charge in [-0.25, -0.2) is 0 Å². The fourth-order valence-electron chi connectivity index (χ4n) is 3.30. The summed E-state index contributed by atoms with van der Waals surface area (Å²) in [4.78, 5) is 7.00. The van der Waals surface area contributed by atoms with E-state index in [1.165, 1.54) is 5.56 Å². The number of benzene rings is 1. The molecule has 6 heteroatoms. The third-order valence-electron chi connectivity index (χ3n) is 4.47. The second kappa shape index (κ2) is 10.1. The van der Waals surface area contributed by atoms with Crippen LogP contribution in [0.5, 0.6) is 5.75 Å². The van der Waals surface area contributed by atoms with Gasteiger partial charge in [-0.3, -0.25) is 14.7 Å². The quantitative estimate of drug-likeness (QED) is 0.759. The molecule has 6 nitrogen and oxygen atoms in total. The SMILES string of the molecule is COc1ccc(CN2CCN(C[C@H](C)O)CCN(C[C@H](C)O)C2)cc1. The molecule has 0 spiro atoms. The third kappa shape index (κ3) is 7.30. The number of hydrogen-bond donors (Lipinski definition) is 2. The maximum atomic E-state index is 9.78. The van der Waals surface area contributed by atoms with Crippen LogP contribution in [0.15, 0.2) is 24.3 Å². The highest BCUT2D eigenvalue weighted by molar-refractivity contribution is 5.27. The molecule has 0 amide bonds. The average Bonchev–Trinajstić information content (AvgIpc) is 2.55. The van der Waals surface area contributed by atoms with Gasteiger partial charge >= 0.3 is 0 Å². The van der Waals surface area contributed by atoms with Crippen molar-refractivity contribution < 1.29 is 14.9 Å². The summed E-state index contributed by atoms with van der Waals surface area (Å²) in [5, 5.41) is 19.5. The number of aliphatic hydroxyl groups is 2. The highest BCUT2D eigenvalue weighted by Crippen LogP contribution is 2.14. The highest BCUT2D eigenvalue weighted by Gasteiger charge is 2.20. The minimum Gasteiger partial charge on any atom is -0.497 e. The van der Waals surface area contributed by atoms with Gasteiger partial charge < -0.3 is 14.9 Å². The number of methoxy groups -OCH3 is 1. The molecule has 142 valence electrons. The van der Waals surface area contributed by atoms with Gasteiger partial charge in [-0.2, -0.15) is 0 Å². The van der Waals surface area contributed by atoms with Crippen molar-refractivity contribution in [1.29, 1.82) is 0 Å². The number of ether oxygens (including phenoxy) is 1. The van der Waals surface area contributed by atoms with Crippen molar-refractivity contribution in [2.75, 3.05) is 53.0 Å². The topological polar surface area (TPSA) is 59.4 Å². The molecular weight excluding hydrogens is 318 g/mol. The van der Waals surface area contributed by atoms with Crippen molar-refractivity contribution in [3.8, 4) is 5.75 Å². The van der Waals surface area contributed by atoms with Crippen LogP contribution in [0.25, 0.3) is 0 Å². The van der Waals surface area contributed by atoms with Crippen molar-refractivity contribution in [1.82, 2.24) is 14.7 Å². The molecule has 2 rings (SSSR count). The van der Waals surface area contributed by atoms with Crippen molar-refractivity contribution in [2.45, 2.75) is 32.6 Å². The van der Waals surface area contributed by atoms with E-state index in [2.05, 4.69) is 26.8 Å². The summed E-state index contributed by atoms with van der Waals surface area (Å²) in [6.07, 6.45) is -0.660. The fraction of sp³-hybridized carbons (Fsp3) is 0.684. The first-order chi connectivity index (χ1) is 12.0. The smallest absolute Gasteiger partial charge is 0.118 e. The number of hydrogen-bond acceptors (Lipinski definition) is 6. The van der Waals surface area contributed by atoms with Crippen LogP contribution in [0.1, 0.15) is 19.4 Å². The molecule has 25 heavy (non-hydrogen) atoms. The molecule has 1 aliphatic rings. The van der Waals surface area contributed by atoms with E-state index in [4.69, 9.17) is 4.74 Å². The molecule has 0 saturated carbocycles. The Hall–Kier alpha value is -1.18. The summed E-state index contributed by atoms with van der Waals surface area (Å²) >= 11 is 0. The van der Waals surface area contributed by atoms with E-state index >= 15 is 0 Å². The first kappa shape index (κ1) is 20.1. The predicted octanol–water partition coefficient (Wildman–Crippen LogP) is 0.834. The Kier molecular flexibility index (Phi) is 8.12. The van der Waals surface area contributed by atoms with Gasteiger partial charge in [0, 0.05) is 45.8 Å².